The number of amides is 11. The minimum Gasteiger partial charge on any atom is -0.390 e. The monoisotopic (exact) mass is 1320 g/mol. The number of benzene rings is 1. The zero-order valence-corrected chi connectivity index (χ0v) is 60.2. The molecule has 1 fully saturated rings. The summed E-state index contributed by atoms with van der Waals surface area (Å²) in [5.41, 5.74) is 7.30. The Labute approximate surface area is 557 Å². The lowest BCUT2D eigenvalue weighted by Gasteiger charge is -2.41. The van der Waals surface area contributed by atoms with Crippen LogP contribution in [-0.4, -0.2) is 243 Å². The molecule has 0 aliphatic carbocycles. The van der Waals surface area contributed by atoms with E-state index < -0.39 is 156 Å². The summed E-state index contributed by atoms with van der Waals surface area (Å²) in [6, 6.07) is -7.83. The Kier molecular flexibility index (Phi) is 30.1. The van der Waals surface area contributed by atoms with Crippen molar-refractivity contribution in [2.75, 3.05) is 55.9 Å². The van der Waals surface area contributed by atoms with E-state index in [1.807, 2.05) is 55.4 Å². The second-order valence-corrected chi connectivity index (χ2v) is 28.3. The van der Waals surface area contributed by atoms with E-state index in [1.54, 1.807) is 59.7 Å². The van der Waals surface area contributed by atoms with E-state index in [2.05, 4.69) is 31.2 Å². The van der Waals surface area contributed by atoms with Crippen LogP contribution in [0, 0.1) is 46.8 Å². The van der Waals surface area contributed by atoms with E-state index in [9.17, 15) is 38.7 Å². The summed E-state index contributed by atoms with van der Waals surface area (Å²) in [4.78, 5) is 178. The SMILES string of the molecule is CC[C@@H]1NC(=O)[C@H]([C@H](O)[C@H](C)Cc2nc3ccc(C(=N)N)cc3[nH]2)N(C)C(=O)[C@H](C(C)C)N(C)C(=O)[C@H](CC(C)C)N(C)C(=O)[C@H](CC(C)C)N(C)C(=O)[C@@H](C)NC(=O)[C@H](C)NC(=O)[C@H](CC(C)C)N(C)C(=O)[C@H](C(C)C)NC(=O)[C@H](CC(C)C)N(C)C(=O)CN(C)C1=O. The molecule has 12 atom stereocenters. The van der Waals surface area contributed by atoms with Crippen molar-refractivity contribution >= 4 is 81.8 Å². The van der Waals surface area contributed by atoms with Crippen molar-refractivity contribution in [2.24, 2.45) is 47.2 Å². The molecular formula is C67H113N15O12. The Hall–Kier alpha value is -7.71. The quantitative estimate of drug-likeness (QED) is 0.0886. The van der Waals surface area contributed by atoms with Crippen molar-refractivity contribution in [3.8, 4) is 0 Å². The summed E-state index contributed by atoms with van der Waals surface area (Å²) in [7, 11) is 9.80. The number of aliphatic hydroxyl groups excluding tert-OH is 1. The zero-order chi connectivity index (χ0) is 72.0. The van der Waals surface area contributed by atoms with Gasteiger partial charge in [-0.05, 0) is 106 Å². The third kappa shape index (κ3) is 20.9. The number of hydrogen-bond acceptors (Lipinski definition) is 14. The molecule has 1 aliphatic rings. The van der Waals surface area contributed by atoms with E-state index in [-0.39, 0.29) is 68.0 Å². The molecule has 0 radical (unpaired) electrons. The molecule has 27 nitrogen and oxygen atoms in total. The number of nitrogens with one attached hydrogen (secondary N) is 6. The van der Waals surface area contributed by atoms with Gasteiger partial charge in [-0.1, -0.05) is 96.9 Å². The number of nitrogens with two attached hydrogens (primary N) is 1. The minimum absolute atomic E-state index is 0.0265. The number of amidine groups is 1. The first kappa shape index (κ1) is 80.5. The molecule has 94 heavy (non-hydrogen) atoms. The molecule has 0 spiro atoms. The van der Waals surface area contributed by atoms with Gasteiger partial charge in [0, 0.05) is 61.3 Å². The maximum atomic E-state index is 15.4. The van der Waals surface area contributed by atoms with Crippen molar-refractivity contribution in [2.45, 2.75) is 216 Å². The third-order valence-electron chi connectivity index (χ3n) is 17.7. The van der Waals surface area contributed by atoms with Crippen LogP contribution < -0.4 is 27.0 Å². The summed E-state index contributed by atoms with van der Waals surface area (Å²) < 4.78 is 0. The van der Waals surface area contributed by atoms with Crippen LogP contribution in [0.4, 0.5) is 0 Å². The highest BCUT2D eigenvalue weighted by Crippen LogP contribution is 2.27. The van der Waals surface area contributed by atoms with E-state index >= 15 is 19.2 Å². The number of likely N-dealkylation sites (N-methyl/N-ethyl adjacent to an activating group) is 7. The van der Waals surface area contributed by atoms with Crippen LogP contribution in [0.25, 0.3) is 11.0 Å². The lowest BCUT2D eigenvalue weighted by atomic mass is 9.91. The van der Waals surface area contributed by atoms with Gasteiger partial charge in [0.15, 0.2) is 0 Å². The molecule has 528 valence electrons. The summed E-state index contributed by atoms with van der Waals surface area (Å²) in [5.74, 6) is -10.3. The van der Waals surface area contributed by atoms with Crippen LogP contribution in [0.15, 0.2) is 18.2 Å². The molecule has 11 amide bonds. The Bertz CT molecular complexity index is 3020. The number of aromatic nitrogens is 2. The standard InChI is InChI=1S/C67H113N15O12/c1-24-44-63(90)76(17)33-52(83)77(18)47(27-34(2)3)60(87)75-53(38(10)11)66(93)78(19)48(28-35(4)5)59(86)70-41(15)58(85)71-42(16)62(89)79(20)49(29-36(6)7)64(91)80(21)50(30-37(8)9)65(92)81(22)54(39(12)13)67(94)82(23)55(61(88)74-44)56(84)40(14)31-51-72-45-26-25-43(57(68)69)32-46(45)73-51/h25-26,32,34-42,44,47-50,53-56,84H,24,27-31,33H2,1-23H3,(H3,68,69)(H,70,86)(H,71,85)(H,72,73)(H,74,88)(H,75,87)/t40-,41+,42-,44+,47+,48+,49+,50+,53+,54+,55+,56-/m1/s1. The first-order valence-electron chi connectivity index (χ1n) is 33.1. The topological polar surface area (TPSA) is 357 Å². The van der Waals surface area contributed by atoms with Crippen molar-refractivity contribution < 1.29 is 57.8 Å². The molecule has 1 aromatic carbocycles. The maximum absolute atomic E-state index is 15.4. The number of carbonyl (C=O) groups is 11. The molecule has 0 bridgehead atoms. The number of nitrogens with zero attached hydrogens (tertiary/aromatic N) is 8. The van der Waals surface area contributed by atoms with Crippen LogP contribution in [0.1, 0.15) is 154 Å². The smallest absolute Gasteiger partial charge is 0.246 e. The molecule has 9 N–H and O–H groups in total. The van der Waals surface area contributed by atoms with E-state index in [0.717, 1.165) is 9.80 Å². The van der Waals surface area contributed by atoms with Crippen molar-refractivity contribution in [3.05, 3.63) is 29.6 Å². The molecule has 2 aromatic rings. The second kappa shape index (κ2) is 35.2. The number of aromatic amines is 1. The molecule has 27 heteroatoms. The zero-order valence-electron chi connectivity index (χ0n) is 60.2. The Morgan fingerprint density at radius 3 is 1.49 bits per heavy atom. The maximum Gasteiger partial charge on any atom is 0.246 e. The van der Waals surface area contributed by atoms with Gasteiger partial charge in [-0.2, -0.15) is 0 Å². The minimum atomic E-state index is -1.75. The number of carbonyl (C=O) groups excluding carboxylic acids is 11. The number of fused-ring (bicyclic) bond motifs is 1. The third-order valence-corrected chi connectivity index (χ3v) is 17.7. The van der Waals surface area contributed by atoms with Gasteiger partial charge >= 0.3 is 0 Å². The summed E-state index contributed by atoms with van der Waals surface area (Å²) in [6.07, 6.45) is -1.16. The van der Waals surface area contributed by atoms with Crippen LogP contribution in [0.3, 0.4) is 0 Å². The van der Waals surface area contributed by atoms with Gasteiger partial charge in [-0.25, -0.2) is 4.98 Å². The predicted molar refractivity (Wildman–Crippen MR) is 360 cm³/mol. The number of H-pyrrole nitrogens is 1. The Morgan fingerprint density at radius 1 is 0.543 bits per heavy atom. The molecule has 1 aliphatic heterocycles. The fourth-order valence-electron chi connectivity index (χ4n) is 11.9. The van der Waals surface area contributed by atoms with Crippen molar-refractivity contribution in [3.63, 3.8) is 0 Å². The van der Waals surface area contributed by atoms with Crippen LogP contribution >= 0.6 is 0 Å². The van der Waals surface area contributed by atoms with Crippen molar-refractivity contribution in [1.29, 1.82) is 5.41 Å². The van der Waals surface area contributed by atoms with Crippen LogP contribution in [-0.2, 0) is 59.2 Å². The molecule has 0 unspecified atom stereocenters. The Balaban J connectivity index is 2.33. The highest BCUT2D eigenvalue weighted by Gasteiger charge is 2.46. The predicted octanol–water partition coefficient (Wildman–Crippen LogP) is 2.71. The number of nitrogen functional groups attached to an aromatic ring is 1. The normalized spacial score (nSPS) is 25.4. The highest BCUT2D eigenvalue weighted by molar-refractivity contribution is 6.00. The fraction of sp³-hybridized carbons (Fsp3) is 0.716. The summed E-state index contributed by atoms with van der Waals surface area (Å²) in [5, 5.41) is 31.5. The van der Waals surface area contributed by atoms with Crippen molar-refractivity contribution in [1.82, 2.24) is 65.5 Å². The molecule has 1 aromatic heterocycles. The number of hydrogen-bond donors (Lipinski definition) is 8. The average Bonchev–Trinajstić information content (AvgIpc) is 0.992. The average molecular weight is 1320 g/mol. The first-order chi connectivity index (χ1) is 43.5. The van der Waals surface area contributed by atoms with Gasteiger partial charge in [0.1, 0.15) is 72.1 Å². The first-order valence-corrected chi connectivity index (χ1v) is 33.1. The van der Waals surface area contributed by atoms with Gasteiger partial charge in [0.25, 0.3) is 0 Å². The lowest BCUT2D eigenvalue weighted by Crippen LogP contribution is -2.63. The van der Waals surface area contributed by atoms with E-state index in [1.165, 1.54) is 87.7 Å². The van der Waals surface area contributed by atoms with Gasteiger partial charge in [0.05, 0.1) is 23.7 Å². The molecule has 2 heterocycles. The van der Waals surface area contributed by atoms with Gasteiger partial charge in [-0.15, -0.1) is 0 Å². The van der Waals surface area contributed by atoms with E-state index in [4.69, 9.17) is 11.1 Å². The molecular weight excluding hydrogens is 1210 g/mol. The van der Waals surface area contributed by atoms with Gasteiger partial charge in [0.2, 0.25) is 65.0 Å². The number of imidazole rings is 1. The van der Waals surface area contributed by atoms with E-state index in [0.29, 0.717) is 22.4 Å². The second-order valence-electron chi connectivity index (χ2n) is 28.3. The van der Waals surface area contributed by atoms with Gasteiger partial charge < -0.3 is 71.4 Å². The highest BCUT2D eigenvalue weighted by atomic mass is 16.3. The molecule has 0 saturated carbocycles. The summed E-state index contributed by atoms with van der Waals surface area (Å²) in [6.45, 7) is 27.3. The Morgan fingerprint density at radius 2 is 1.00 bits per heavy atom. The van der Waals surface area contributed by atoms with Crippen LogP contribution in [0.2, 0.25) is 0 Å². The number of rotatable bonds is 16. The fourth-order valence-corrected chi connectivity index (χ4v) is 11.9. The largest absolute Gasteiger partial charge is 0.390 e. The molecule has 1 saturated heterocycles. The summed E-state index contributed by atoms with van der Waals surface area (Å²) >= 11 is 0. The molecule has 3 rings (SSSR count). The number of aliphatic hydroxyl groups is 1. The van der Waals surface area contributed by atoms with Gasteiger partial charge in [-0.3, -0.25) is 58.1 Å². The van der Waals surface area contributed by atoms with Crippen LogP contribution in [0.5, 0.6) is 0 Å². The lowest BCUT2D eigenvalue weighted by molar-refractivity contribution is -0.157.